The average Bonchev–Trinajstić information content (AvgIpc) is 2.48. The van der Waals surface area contributed by atoms with Crippen LogP contribution in [0.2, 0.25) is 0 Å². The van der Waals surface area contributed by atoms with Crippen molar-refractivity contribution in [3.8, 4) is 0 Å². The van der Waals surface area contributed by atoms with Gasteiger partial charge in [0.15, 0.2) is 0 Å². The number of nitrogens with one attached hydrogen (secondary N) is 1. The van der Waals surface area contributed by atoms with Crippen LogP contribution in [0.25, 0.3) is 0 Å². The first-order valence-electron chi connectivity index (χ1n) is 8.09. The standard InChI is InChI=1S/C19H27N3O/c1-8-22(7)18-20-16(14(4)17(23)21-18)19(5,6)15-12(2)10-9-11-13(15)3/h9-11H,8H2,1-7H3,(H,20,21,23). The Kier molecular flexibility index (Phi) is 4.64. The molecule has 1 aromatic carbocycles. The van der Waals surface area contributed by atoms with E-state index >= 15 is 0 Å². The lowest BCUT2D eigenvalue weighted by atomic mass is 9.75. The Hall–Kier alpha value is -2.10. The lowest BCUT2D eigenvalue weighted by molar-refractivity contribution is 0.597. The molecule has 0 saturated carbocycles. The third-order valence-corrected chi connectivity index (χ3v) is 4.67. The van der Waals surface area contributed by atoms with Crippen molar-refractivity contribution in [3.63, 3.8) is 0 Å². The van der Waals surface area contributed by atoms with Crippen LogP contribution in [0.1, 0.15) is 48.7 Å². The molecule has 0 bridgehead atoms. The van der Waals surface area contributed by atoms with Crippen molar-refractivity contribution in [1.82, 2.24) is 9.97 Å². The molecule has 0 atom stereocenters. The van der Waals surface area contributed by atoms with Crippen molar-refractivity contribution in [2.45, 2.75) is 47.0 Å². The van der Waals surface area contributed by atoms with Crippen LogP contribution in [-0.2, 0) is 5.41 Å². The molecule has 0 aliphatic rings. The molecule has 1 heterocycles. The van der Waals surface area contributed by atoms with Gasteiger partial charge < -0.3 is 4.90 Å². The molecule has 0 amide bonds. The van der Waals surface area contributed by atoms with Gasteiger partial charge in [0.1, 0.15) is 0 Å². The minimum Gasteiger partial charge on any atom is -0.346 e. The Labute approximate surface area is 138 Å². The van der Waals surface area contributed by atoms with E-state index in [4.69, 9.17) is 4.98 Å². The molecule has 1 N–H and O–H groups in total. The maximum absolute atomic E-state index is 12.4. The van der Waals surface area contributed by atoms with E-state index in [9.17, 15) is 4.79 Å². The van der Waals surface area contributed by atoms with Gasteiger partial charge in [-0.25, -0.2) is 4.98 Å². The molecular formula is C19H27N3O. The van der Waals surface area contributed by atoms with Gasteiger partial charge in [-0.3, -0.25) is 9.78 Å². The minimum absolute atomic E-state index is 0.0652. The van der Waals surface area contributed by atoms with Gasteiger partial charge in [0.25, 0.3) is 5.56 Å². The number of benzene rings is 1. The van der Waals surface area contributed by atoms with Crippen LogP contribution in [-0.4, -0.2) is 23.6 Å². The number of nitrogens with zero attached hydrogens (tertiary/aromatic N) is 2. The summed E-state index contributed by atoms with van der Waals surface area (Å²) in [6.07, 6.45) is 0. The van der Waals surface area contributed by atoms with Gasteiger partial charge >= 0.3 is 0 Å². The molecular weight excluding hydrogens is 286 g/mol. The zero-order valence-corrected chi connectivity index (χ0v) is 15.2. The molecule has 0 aliphatic carbocycles. The van der Waals surface area contributed by atoms with Gasteiger partial charge in [-0.15, -0.1) is 0 Å². The molecule has 4 heteroatoms. The van der Waals surface area contributed by atoms with Crippen LogP contribution in [0.5, 0.6) is 0 Å². The van der Waals surface area contributed by atoms with Crippen LogP contribution < -0.4 is 10.5 Å². The number of hydrogen-bond donors (Lipinski definition) is 1. The average molecular weight is 313 g/mol. The first-order valence-corrected chi connectivity index (χ1v) is 8.09. The minimum atomic E-state index is -0.336. The largest absolute Gasteiger partial charge is 0.346 e. The summed E-state index contributed by atoms with van der Waals surface area (Å²) in [5, 5.41) is 0. The lowest BCUT2D eigenvalue weighted by Gasteiger charge is -2.30. The van der Waals surface area contributed by atoms with Gasteiger partial charge in [-0.1, -0.05) is 32.0 Å². The summed E-state index contributed by atoms with van der Waals surface area (Å²) in [5.74, 6) is 0.623. The smallest absolute Gasteiger partial charge is 0.255 e. The molecule has 1 aromatic heterocycles. The summed E-state index contributed by atoms with van der Waals surface area (Å²) in [4.78, 5) is 22.0. The molecule has 0 saturated heterocycles. The fourth-order valence-electron chi connectivity index (χ4n) is 3.38. The van der Waals surface area contributed by atoms with Crippen molar-refractivity contribution in [2.75, 3.05) is 18.5 Å². The van der Waals surface area contributed by atoms with Gasteiger partial charge in [0, 0.05) is 24.6 Å². The number of H-pyrrole nitrogens is 1. The van der Waals surface area contributed by atoms with E-state index in [2.05, 4.69) is 50.9 Å². The Morgan fingerprint density at radius 3 is 2.26 bits per heavy atom. The van der Waals surface area contributed by atoms with Crippen LogP contribution in [0.4, 0.5) is 5.95 Å². The van der Waals surface area contributed by atoms with Gasteiger partial charge in [0.2, 0.25) is 5.95 Å². The molecule has 0 unspecified atom stereocenters. The van der Waals surface area contributed by atoms with Crippen LogP contribution >= 0.6 is 0 Å². The first kappa shape index (κ1) is 17.3. The van der Waals surface area contributed by atoms with Crippen LogP contribution in [0, 0.1) is 20.8 Å². The second kappa shape index (κ2) is 6.19. The molecule has 124 valence electrons. The zero-order valence-electron chi connectivity index (χ0n) is 15.2. The fraction of sp³-hybridized carbons (Fsp3) is 0.474. The third kappa shape index (κ3) is 3.03. The van der Waals surface area contributed by atoms with Crippen LogP contribution in [0.15, 0.2) is 23.0 Å². The van der Waals surface area contributed by atoms with E-state index in [1.807, 2.05) is 25.8 Å². The third-order valence-electron chi connectivity index (χ3n) is 4.67. The van der Waals surface area contributed by atoms with E-state index in [-0.39, 0.29) is 11.0 Å². The molecule has 2 aromatic rings. The highest BCUT2D eigenvalue weighted by Crippen LogP contribution is 2.35. The van der Waals surface area contributed by atoms with E-state index in [1.165, 1.54) is 16.7 Å². The number of aromatic amines is 1. The van der Waals surface area contributed by atoms with Gasteiger partial charge in [0.05, 0.1) is 5.69 Å². The Balaban J connectivity index is 2.73. The predicted molar refractivity (Wildman–Crippen MR) is 96.6 cm³/mol. The van der Waals surface area contributed by atoms with Crippen molar-refractivity contribution in [3.05, 3.63) is 56.5 Å². The molecule has 23 heavy (non-hydrogen) atoms. The highest BCUT2D eigenvalue weighted by molar-refractivity contribution is 5.47. The quantitative estimate of drug-likeness (QED) is 0.940. The van der Waals surface area contributed by atoms with Crippen molar-refractivity contribution >= 4 is 5.95 Å². The SMILES string of the molecule is CCN(C)c1nc(C(C)(C)c2c(C)cccc2C)c(C)c(=O)[nH]1. The summed E-state index contributed by atoms with van der Waals surface area (Å²) < 4.78 is 0. The van der Waals surface area contributed by atoms with E-state index in [0.29, 0.717) is 11.5 Å². The Morgan fingerprint density at radius 2 is 1.74 bits per heavy atom. The molecule has 0 radical (unpaired) electrons. The first-order chi connectivity index (χ1) is 10.7. The summed E-state index contributed by atoms with van der Waals surface area (Å²) >= 11 is 0. The van der Waals surface area contributed by atoms with E-state index in [1.54, 1.807) is 0 Å². The lowest BCUT2D eigenvalue weighted by Crippen LogP contribution is -2.31. The van der Waals surface area contributed by atoms with Crippen molar-refractivity contribution in [2.24, 2.45) is 0 Å². The maximum atomic E-state index is 12.4. The van der Waals surface area contributed by atoms with Crippen LogP contribution in [0.3, 0.4) is 0 Å². The number of hydrogen-bond acceptors (Lipinski definition) is 3. The van der Waals surface area contributed by atoms with Gasteiger partial charge in [-0.2, -0.15) is 0 Å². The second-order valence-electron chi connectivity index (χ2n) is 6.77. The highest BCUT2D eigenvalue weighted by Gasteiger charge is 2.31. The van der Waals surface area contributed by atoms with Crippen molar-refractivity contribution in [1.29, 1.82) is 0 Å². The number of aryl methyl sites for hydroxylation is 2. The monoisotopic (exact) mass is 313 g/mol. The molecule has 0 aliphatic heterocycles. The topological polar surface area (TPSA) is 49.0 Å². The summed E-state index contributed by atoms with van der Waals surface area (Å²) in [6.45, 7) is 13.2. The summed E-state index contributed by atoms with van der Waals surface area (Å²) in [6, 6.07) is 6.30. The normalized spacial score (nSPS) is 11.6. The predicted octanol–water partition coefficient (Wildman–Crippen LogP) is 3.48. The Morgan fingerprint density at radius 1 is 1.17 bits per heavy atom. The maximum Gasteiger partial charge on any atom is 0.255 e. The summed E-state index contributed by atoms with van der Waals surface area (Å²) in [5.41, 5.74) is 4.82. The van der Waals surface area contributed by atoms with Crippen molar-refractivity contribution < 1.29 is 0 Å². The van der Waals surface area contributed by atoms with E-state index in [0.717, 1.165) is 12.2 Å². The molecule has 0 fully saturated rings. The van der Waals surface area contributed by atoms with Gasteiger partial charge in [-0.05, 0) is 44.4 Å². The molecule has 4 nitrogen and oxygen atoms in total. The zero-order chi connectivity index (χ0) is 17.4. The second-order valence-corrected chi connectivity index (χ2v) is 6.77. The summed E-state index contributed by atoms with van der Waals surface area (Å²) in [7, 11) is 1.93. The fourth-order valence-corrected chi connectivity index (χ4v) is 3.38. The van der Waals surface area contributed by atoms with E-state index < -0.39 is 0 Å². The highest BCUT2D eigenvalue weighted by atomic mass is 16.1. The Bertz CT molecular complexity index is 754. The molecule has 0 spiro atoms. The molecule has 2 rings (SSSR count). The number of rotatable bonds is 4. The number of anilines is 1. The number of aromatic nitrogens is 2.